The number of nitrogens with zero attached hydrogens (tertiary/aromatic N) is 2. The van der Waals surface area contributed by atoms with Gasteiger partial charge < -0.3 is 14.6 Å². The van der Waals surface area contributed by atoms with E-state index in [4.69, 9.17) is 9.47 Å². The number of rotatable bonds is 7. The van der Waals surface area contributed by atoms with Crippen molar-refractivity contribution in [2.24, 2.45) is 4.99 Å². The molecule has 0 saturated carbocycles. The standard InChI is InChI=1S/C34H33F3N2O5S/c1-7-19-14-15-43-24-13-12-21(28(38-6)26(19)24)27-25(29(31(40)41)44-33(3,4)5)18(2)16-23-30(27)45-32(42)39(23)17-20-10-8-9-11-22(20)34(35,36)37/h7-13,16,29H,6,14-15,17H2,1-5H3,(H,40,41)/b19-7-/t29-/m0/s1. The topological polar surface area (TPSA) is 90.1 Å². The highest BCUT2D eigenvalue weighted by atomic mass is 32.1. The number of ether oxygens (including phenoxy) is 2. The molecule has 4 aromatic rings. The number of alkyl halides is 3. The van der Waals surface area contributed by atoms with Crippen LogP contribution in [0.25, 0.3) is 26.9 Å². The first kappa shape index (κ1) is 32.2. The lowest BCUT2D eigenvalue weighted by atomic mass is 9.87. The Morgan fingerprint density at radius 1 is 1.20 bits per heavy atom. The fraction of sp³-hybridized carbons (Fsp3) is 0.324. The minimum Gasteiger partial charge on any atom is -0.493 e. The summed E-state index contributed by atoms with van der Waals surface area (Å²) in [6, 6.07) is 10.3. The number of fused-ring (bicyclic) bond motifs is 2. The second-order valence-electron chi connectivity index (χ2n) is 11.8. The number of carbonyl (C=O) groups is 1. The van der Waals surface area contributed by atoms with Crippen LogP contribution < -0.4 is 9.61 Å². The molecular formula is C34H33F3N2O5S. The summed E-state index contributed by atoms with van der Waals surface area (Å²) >= 11 is 0.836. The lowest BCUT2D eigenvalue weighted by molar-refractivity contribution is -0.160. The number of benzene rings is 3. The van der Waals surface area contributed by atoms with Crippen LogP contribution >= 0.6 is 11.3 Å². The van der Waals surface area contributed by atoms with Crippen LogP contribution in [0, 0.1) is 6.92 Å². The van der Waals surface area contributed by atoms with Gasteiger partial charge in [0.2, 0.25) is 0 Å². The molecule has 0 amide bonds. The molecule has 1 N–H and O–H groups in total. The van der Waals surface area contributed by atoms with Gasteiger partial charge in [-0.15, -0.1) is 0 Å². The van der Waals surface area contributed by atoms with Crippen molar-refractivity contribution in [3.05, 3.63) is 86.0 Å². The molecule has 0 bridgehead atoms. The Morgan fingerprint density at radius 2 is 1.91 bits per heavy atom. The maximum Gasteiger partial charge on any atom is 0.416 e. The molecule has 0 spiro atoms. The number of hydrogen-bond acceptors (Lipinski definition) is 6. The van der Waals surface area contributed by atoms with Crippen LogP contribution in [0.1, 0.15) is 68.0 Å². The van der Waals surface area contributed by atoms with E-state index in [9.17, 15) is 27.9 Å². The molecule has 1 atom stereocenters. The van der Waals surface area contributed by atoms with Crippen molar-refractivity contribution in [1.29, 1.82) is 0 Å². The number of aromatic nitrogens is 1. The first-order valence-electron chi connectivity index (χ1n) is 14.3. The van der Waals surface area contributed by atoms with Crippen LogP contribution in [0.3, 0.4) is 0 Å². The second-order valence-corrected chi connectivity index (χ2v) is 12.8. The summed E-state index contributed by atoms with van der Waals surface area (Å²) in [6.45, 7) is 12.8. The SMILES string of the molecule is C=Nc1c(-c2c([C@H](OC(C)(C)C)C(=O)O)c(C)cc3c2sc(=O)n3Cc2ccccc2C(F)(F)F)ccc2c1/C(=C\C)CCO2. The molecule has 0 fully saturated rings. The molecule has 0 radical (unpaired) electrons. The molecule has 2 heterocycles. The van der Waals surface area contributed by atoms with Crippen molar-refractivity contribution in [3.63, 3.8) is 0 Å². The smallest absolute Gasteiger partial charge is 0.416 e. The minimum absolute atomic E-state index is 0.0633. The maximum absolute atomic E-state index is 13.9. The fourth-order valence-electron chi connectivity index (χ4n) is 5.84. The van der Waals surface area contributed by atoms with E-state index in [-0.39, 0.29) is 12.1 Å². The van der Waals surface area contributed by atoms with Crippen molar-refractivity contribution in [2.45, 2.75) is 65.5 Å². The van der Waals surface area contributed by atoms with Gasteiger partial charge >= 0.3 is 17.0 Å². The van der Waals surface area contributed by atoms with Crippen molar-refractivity contribution in [3.8, 4) is 16.9 Å². The number of aliphatic carboxylic acids is 1. The first-order chi connectivity index (χ1) is 21.2. The van der Waals surface area contributed by atoms with E-state index in [1.165, 1.54) is 22.8 Å². The Balaban J connectivity index is 1.88. The summed E-state index contributed by atoms with van der Waals surface area (Å²) in [5.74, 6) is -0.635. The summed E-state index contributed by atoms with van der Waals surface area (Å²) in [4.78, 5) is 30.3. The van der Waals surface area contributed by atoms with Crippen molar-refractivity contribution >= 4 is 45.5 Å². The molecule has 7 nitrogen and oxygen atoms in total. The van der Waals surface area contributed by atoms with Gasteiger partial charge in [-0.05, 0) is 82.3 Å². The number of halogens is 3. The lowest BCUT2D eigenvalue weighted by Gasteiger charge is -2.29. The molecule has 45 heavy (non-hydrogen) atoms. The van der Waals surface area contributed by atoms with Gasteiger partial charge in [0.1, 0.15) is 5.75 Å². The number of carboxylic acids is 1. The zero-order valence-corrected chi connectivity index (χ0v) is 26.4. The van der Waals surface area contributed by atoms with Gasteiger partial charge in [-0.1, -0.05) is 35.6 Å². The van der Waals surface area contributed by atoms with E-state index in [0.717, 1.165) is 23.0 Å². The predicted molar refractivity (Wildman–Crippen MR) is 171 cm³/mol. The lowest BCUT2D eigenvalue weighted by Crippen LogP contribution is -2.28. The zero-order valence-electron chi connectivity index (χ0n) is 25.5. The highest BCUT2D eigenvalue weighted by Crippen LogP contribution is 2.50. The predicted octanol–water partition coefficient (Wildman–Crippen LogP) is 8.56. The van der Waals surface area contributed by atoms with E-state index < -0.39 is 34.3 Å². The highest BCUT2D eigenvalue weighted by molar-refractivity contribution is 7.17. The number of hydrogen-bond donors (Lipinski definition) is 1. The molecule has 3 aromatic carbocycles. The molecule has 5 rings (SSSR count). The summed E-state index contributed by atoms with van der Waals surface area (Å²) in [6.07, 6.45) is -3.47. The van der Waals surface area contributed by atoms with Crippen LogP contribution in [0.15, 0.2) is 58.3 Å². The van der Waals surface area contributed by atoms with Gasteiger partial charge in [0.05, 0.1) is 40.2 Å². The number of carboxylic acid groups (broad SMARTS) is 1. The molecule has 0 aliphatic carbocycles. The zero-order chi connectivity index (χ0) is 32.8. The molecule has 1 aromatic heterocycles. The number of aliphatic imine (C=N–C) groups is 1. The van der Waals surface area contributed by atoms with Gasteiger partial charge in [0.15, 0.2) is 6.10 Å². The third-order valence-electron chi connectivity index (χ3n) is 7.68. The third kappa shape index (κ3) is 6.06. The molecule has 0 unspecified atom stereocenters. The summed E-state index contributed by atoms with van der Waals surface area (Å²) in [5.41, 5.74) is 2.46. The van der Waals surface area contributed by atoms with Crippen molar-refractivity contribution in [2.75, 3.05) is 6.61 Å². The number of aryl methyl sites for hydroxylation is 1. The Labute approximate surface area is 262 Å². The third-order valence-corrected chi connectivity index (χ3v) is 8.69. The normalized spacial score (nSPS) is 15.2. The minimum atomic E-state index is -4.61. The highest BCUT2D eigenvalue weighted by Gasteiger charge is 2.36. The Bertz CT molecular complexity index is 1910. The quantitative estimate of drug-likeness (QED) is 0.205. The molecule has 236 valence electrons. The van der Waals surface area contributed by atoms with Gasteiger partial charge in [-0.3, -0.25) is 14.4 Å². The monoisotopic (exact) mass is 638 g/mol. The summed E-state index contributed by atoms with van der Waals surface area (Å²) in [7, 11) is 0. The molecule has 1 aliphatic heterocycles. The maximum atomic E-state index is 13.9. The van der Waals surface area contributed by atoms with Crippen LogP contribution in [0.4, 0.5) is 18.9 Å². The van der Waals surface area contributed by atoms with E-state index >= 15 is 0 Å². The average Bonchev–Trinajstić information content (AvgIpc) is 3.27. The van der Waals surface area contributed by atoms with Gasteiger partial charge in [-0.25, -0.2) is 4.79 Å². The summed E-state index contributed by atoms with van der Waals surface area (Å²) in [5, 5.41) is 10.5. The second kappa shape index (κ2) is 11.9. The largest absolute Gasteiger partial charge is 0.493 e. The molecular weight excluding hydrogens is 605 g/mol. The van der Waals surface area contributed by atoms with Crippen LogP contribution in [-0.2, 0) is 22.3 Å². The summed E-state index contributed by atoms with van der Waals surface area (Å²) < 4.78 is 55.4. The Morgan fingerprint density at radius 3 is 2.53 bits per heavy atom. The van der Waals surface area contributed by atoms with Crippen LogP contribution in [0.5, 0.6) is 5.75 Å². The van der Waals surface area contributed by atoms with E-state index in [2.05, 4.69) is 11.7 Å². The van der Waals surface area contributed by atoms with E-state index in [1.807, 2.05) is 13.0 Å². The fourth-order valence-corrected chi connectivity index (χ4v) is 6.88. The van der Waals surface area contributed by atoms with Gasteiger partial charge in [0, 0.05) is 28.7 Å². The van der Waals surface area contributed by atoms with Crippen LogP contribution in [0.2, 0.25) is 0 Å². The van der Waals surface area contributed by atoms with Crippen molar-refractivity contribution in [1.82, 2.24) is 4.57 Å². The molecule has 0 saturated heterocycles. The average molecular weight is 639 g/mol. The Kier molecular flexibility index (Phi) is 8.54. The van der Waals surface area contributed by atoms with Gasteiger partial charge in [-0.2, -0.15) is 13.2 Å². The Hall–Kier alpha value is -4.22. The first-order valence-corrected chi connectivity index (χ1v) is 15.1. The number of thiazole rings is 1. The van der Waals surface area contributed by atoms with Crippen molar-refractivity contribution < 1.29 is 32.5 Å². The molecule has 11 heteroatoms. The van der Waals surface area contributed by atoms with E-state index in [1.54, 1.807) is 45.9 Å². The van der Waals surface area contributed by atoms with E-state index in [0.29, 0.717) is 62.5 Å². The van der Waals surface area contributed by atoms with Crippen LogP contribution in [-0.4, -0.2) is 34.6 Å². The van der Waals surface area contributed by atoms with Gasteiger partial charge in [0.25, 0.3) is 0 Å². The number of allylic oxidation sites excluding steroid dienone is 1. The molecule has 1 aliphatic rings.